The number of rotatable bonds is 3. The molecule has 0 spiro atoms. The van der Waals surface area contributed by atoms with E-state index in [1.165, 1.54) is 30.6 Å². The van der Waals surface area contributed by atoms with Gasteiger partial charge in [-0.2, -0.15) is 0 Å². The van der Waals surface area contributed by atoms with Gasteiger partial charge >= 0.3 is 6.36 Å². The van der Waals surface area contributed by atoms with Gasteiger partial charge in [-0.25, -0.2) is 0 Å². The van der Waals surface area contributed by atoms with Gasteiger partial charge in [0.25, 0.3) is 0 Å². The van der Waals surface area contributed by atoms with Gasteiger partial charge in [-0.1, -0.05) is 0 Å². The third-order valence-electron chi connectivity index (χ3n) is 2.44. The summed E-state index contributed by atoms with van der Waals surface area (Å²) >= 11 is 0. The summed E-state index contributed by atoms with van der Waals surface area (Å²) in [7, 11) is 0. The number of benzene rings is 1. The maximum absolute atomic E-state index is 12.1. The summed E-state index contributed by atoms with van der Waals surface area (Å²) in [6.07, 6.45) is -1.93. The minimum Gasteiger partial charge on any atom is -0.406 e. The van der Waals surface area contributed by atoms with Gasteiger partial charge in [0.05, 0.1) is 0 Å². The maximum atomic E-state index is 12.1. The molecule has 0 saturated carbocycles. The molecule has 1 aromatic heterocycles. The van der Waals surface area contributed by atoms with E-state index in [1.54, 1.807) is 0 Å². The molecular formula is C13H9F3N2O2. The average molecular weight is 282 g/mol. The van der Waals surface area contributed by atoms with E-state index in [-0.39, 0.29) is 11.3 Å². The van der Waals surface area contributed by atoms with E-state index in [2.05, 4.69) is 9.72 Å². The van der Waals surface area contributed by atoms with E-state index >= 15 is 0 Å². The Kier molecular flexibility index (Phi) is 3.60. The number of anilines is 1. The van der Waals surface area contributed by atoms with Crippen LogP contribution in [-0.2, 0) is 0 Å². The van der Waals surface area contributed by atoms with Crippen LogP contribution in [0, 0.1) is 0 Å². The minimum atomic E-state index is -4.80. The molecule has 0 radical (unpaired) electrons. The fraction of sp³-hybridized carbons (Fsp3) is 0.0769. The van der Waals surface area contributed by atoms with Crippen LogP contribution in [-0.4, -0.2) is 17.1 Å². The lowest BCUT2D eigenvalue weighted by molar-refractivity contribution is -0.274. The van der Waals surface area contributed by atoms with E-state index in [0.717, 1.165) is 12.1 Å². The van der Waals surface area contributed by atoms with Gasteiger partial charge in [0.2, 0.25) is 0 Å². The number of hydrogen-bond acceptors (Lipinski definition) is 4. The van der Waals surface area contributed by atoms with Crippen LogP contribution in [0.3, 0.4) is 0 Å². The molecule has 0 aliphatic rings. The van der Waals surface area contributed by atoms with Gasteiger partial charge in [0.15, 0.2) is 5.78 Å². The highest BCUT2D eigenvalue weighted by Crippen LogP contribution is 2.27. The Morgan fingerprint density at radius 1 is 1.15 bits per heavy atom. The normalized spacial score (nSPS) is 11.2. The highest BCUT2D eigenvalue weighted by atomic mass is 19.4. The number of nitrogen functional groups attached to an aromatic ring is 1. The summed E-state index contributed by atoms with van der Waals surface area (Å²) < 4.78 is 39.9. The number of carbonyl (C=O) groups is 1. The number of halogens is 3. The molecule has 104 valence electrons. The highest BCUT2D eigenvalue weighted by molar-refractivity contribution is 6.12. The van der Waals surface area contributed by atoms with Crippen LogP contribution in [0.1, 0.15) is 15.9 Å². The molecule has 20 heavy (non-hydrogen) atoms. The van der Waals surface area contributed by atoms with Crippen LogP contribution < -0.4 is 10.5 Å². The second-order valence-electron chi connectivity index (χ2n) is 3.86. The van der Waals surface area contributed by atoms with Crippen molar-refractivity contribution >= 4 is 11.5 Å². The molecular weight excluding hydrogens is 273 g/mol. The molecule has 0 atom stereocenters. The van der Waals surface area contributed by atoms with E-state index in [0.29, 0.717) is 5.56 Å². The number of ether oxygens (including phenoxy) is 1. The van der Waals surface area contributed by atoms with Crippen molar-refractivity contribution in [2.24, 2.45) is 0 Å². The molecule has 2 rings (SSSR count). The Morgan fingerprint density at radius 3 is 2.35 bits per heavy atom. The zero-order valence-corrected chi connectivity index (χ0v) is 10.0. The summed E-state index contributed by atoms with van der Waals surface area (Å²) in [5.41, 5.74) is 5.95. The third kappa shape index (κ3) is 3.25. The van der Waals surface area contributed by atoms with Crippen LogP contribution in [0.5, 0.6) is 5.75 Å². The minimum absolute atomic E-state index is 0.0893. The Bertz CT molecular complexity index is 627. The van der Waals surface area contributed by atoms with Crippen molar-refractivity contribution in [1.82, 2.24) is 4.98 Å². The number of nitrogens with zero attached hydrogens (tertiary/aromatic N) is 1. The first-order valence-corrected chi connectivity index (χ1v) is 5.47. The van der Waals surface area contributed by atoms with E-state index < -0.39 is 17.9 Å². The molecule has 4 nitrogen and oxygen atoms in total. The lowest BCUT2D eigenvalue weighted by Gasteiger charge is -2.11. The van der Waals surface area contributed by atoms with Crippen LogP contribution >= 0.6 is 0 Å². The average Bonchev–Trinajstić information content (AvgIpc) is 2.37. The third-order valence-corrected chi connectivity index (χ3v) is 2.44. The maximum Gasteiger partial charge on any atom is 0.573 e. The van der Waals surface area contributed by atoms with Crippen LogP contribution in [0.2, 0.25) is 0 Å². The van der Waals surface area contributed by atoms with Crippen molar-refractivity contribution in [2.45, 2.75) is 6.36 Å². The summed E-state index contributed by atoms with van der Waals surface area (Å²) in [6.45, 7) is 0. The number of ketones is 1. The largest absolute Gasteiger partial charge is 0.573 e. The van der Waals surface area contributed by atoms with Crippen molar-refractivity contribution < 1.29 is 22.7 Å². The predicted octanol–water partition coefficient (Wildman–Crippen LogP) is 2.79. The Labute approximate surface area is 112 Å². The second-order valence-corrected chi connectivity index (χ2v) is 3.86. The molecule has 2 N–H and O–H groups in total. The fourth-order valence-electron chi connectivity index (χ4n) is 1.60. The van der Waals surface area contributed by atoms with E-state index in [4.69, 9.17) is 5.73 Å². The summed E-state index contributed by atoms with van der Waals surface area (Å²) in [6, 6.07) is 6.17. The predicted molar refractivity (Wildman–Crippen MR) is 65.2 cm³/mol. The van der Waals surface area contributed by atoms with Crippen molar-refractivity contribution in [1.29, 1.82) is 0 Å². The zero-order valence-electron chi connectivity index (χ0n) is 10.0. The van der Waals surface area contributed by atoms with Crippen LogP contribution in [0.4, 0.5) is 18.9 Å². The molecule has 1 heterocycles. The number of hydrogen-bond donors (Lipinski definition) is 1. The fourth-order valence-corrected chi connectivity index (χ4v) is 1.60. The molecule has 0 unspecified atom stereocenters. The van der Waals surface area contributed by atoms with Crippen molar-refractivity contribution in [3.8, 4) is 5.75 Å². The SMILES string of the molecule is Nc1cc(OC(F)(F)F)ccc1C(=O)c1ccncc1. The Hall–Kier alpha value is -2.57. The molecule has 7 heteroatoms. The summed E-state index contributed by atoms with van der Waals surface area (Å²) in [5, 5.41) is 0. The topological polar surface area (TPSA) is 65.2 Å². The zero-order chi connectivity index (χ0) is 14.8. The van der Waals surface area contributed by atoms with Gasteiger partial charge in [0.1, 0.15) is 5.75 Å². The number of carbonyl (C=O) groups excluding carboxylic acids is 1. The van der Waals surface area contributed by atoms with E-state index in [1.807, 2.05) is 0 Å². The molecule has 2 aromatic rings. The molecule has 0 aliphatic carbocycles. The summed E-state index contributed by atoms with van der Waals surface area (Å²) in [5.74, 6) is -0.871. The Morgan fingerprint density at radius 2 is 1.80 bits per heavy atom. The first-order valence-electron chi connectivity index (χ1n) is 5.47. The van der Waals surface area contributed by atoms with Gasteiger partial charge in [0, 0.05) is 35.3 Å². The molecule has 0 aliphatic heterocycles. The number of aromatic nitrogens is 1. The molecule has 0 amide bonds. The van der Waals surface area contributed by atoms with Crippen molar-refractivity contribution in [3.05, 3.63) is 53.9 Å². The van der Waals surface area contributed by atoms with Gasteiger partial charge in [-0.3, -0.25) is 9.78 Å². The first kappa shape index (κ1) is 13.9. The van der Waals surface area contributed by atoms with Gasteiger partial charge in [-0.15, -0.1) is 13.2 Å². The number of alkyl halides is 3. The second kappa shape index (κ2) is 5.20. The van der Waals surface area contributed by atoms with Gasteiger partial charge < -0.3 is 10.5 Å². The lowest BCUT2D eigenvalue weighted by Crippen LogP contribution is -2.17. The standard InChI is InChI=1S/C13H9F3N2O2/c14-13(15,16)20-9-1-2-10(11(17)7-9)12(19)8-3-5-18-6-4-8/h1-7H,17H2. The molecule has 0 bridgehead atoms. The lowest BCUT2D eigenvalue weighted by atomic mass is 10.0. The summed E-state index contributed by atoms with van der Waals surface area (Å²) in [4.78, 5) is 15.9. The van der Waals surface area contributed by atoms with Crippen LogP contribution in [0.15, 0.2) is 42.7 Å². The first-order chi connectivity index (χ1) is 9.37. The van der Waals surface area contributed by atoms with Crippen molar-refractivity contribution in [3.63, 3.8) is 0 Å². The van der Waals surface area contributed by atoms with Crippen molar-refractivity contribution in [2.75, 3.05) is 5.73 Å². The number of pyridine rings is 1. The quantitative estimate of drug-likeness (QED) is 0.694. The number of nitrogens with two attached hydrogens (primary N) is 1. The van der Waals surface area contributed by atoms with E-state index in [9.17, 15) is 18.0 Å². The van der Waals surface area contributed by atoms with Crippen LogP contribution in [0.25, 0.3) is 0 Å². The molecule has 1 aromatic carbocycles. The molecule has 0 fully saturated rings. The smallest absolute Gasteiger partial charge is 0.406 e. The monoisotopic (exact) mass is 282 g/mol. The van der Waals surface area contributed by atoms with Gasteiger partial charge in [-0.05, 0) is 24.3 Å². The highest BCUT2D eigenvalue weighted by Gasteiger charge is 2.31. The Balaban J connectivity index is 2.29. The molecule has 0 saturated heterocycles.